The minimum Gasteiger partial charge on any atom is -0.206 e. The van der Waals surface area contributed by atoms with Crippen molar-refractivity contribution in [2.24, 2.45) is 5.92 Å². The highest BCUT2D eigenvalue weighted by Crippen LogP contribution is 2.36. The summed E-state index contributed by atoms with van der Waals surface area (Å²) in [7, 11) is 0. The fraction of sp³-hybridized carbons (Fsp3) is 0.357. The van der Waals surface area contributed by atoms with E-state index in [1.165, 1.54) is 42.4 Å². The van der Waals surface area contributed by atoms with E-state index in [0.29, 0.717) is 5.92 Å². The fourth-order valence-corrected chi connectivity index (χ4v) is 4.75. The highest BCUT2D eigenvalue weighted by Gasteiger charge is 2.20. The minimum absolute atomic E-state index is 0.0609. The van der Waals surface area contributed by atoms with Gasteiger partial charge in [-0.3, -0.25) is 0 Å². The molecule has 0 radical (unpaired) electrons. The summed E-state index contributed by atoms with van der Waals surface area (Å²) in [5, 5.41) is 1.74. The molecule has 0 heterocycles. The van der Waals surface area contributed by atoms with E-state index in [1.54, 1.807) is 0 Å². The Morgan fingerprint density at radius 1 is 0.897 bits per heavy atom. The Morgan fingerprint density at radius 3 is 2.28 bits per heavy atom. The zero-order valence-electron chi connectivity index (χ0n) is 17.5. The van der Waals surface area contributed by atoms with Crippen molar-refractivity contribution in [1.29, 1.82) is 0 Å². The van der Waals surface area contributed by atoms with Gasteiger partial charge in [0.1, 0.15) is 5.82 Å². The summed E-state index contributed by atoms with van der Waals surface area (Å²) in [6, 6.07) is 19.4. The van der Waals surface area contributed by atoms with Gasteiger partial charge in [0.2, 0.25) is 0 Å². The van der Waals surface area contributed by atoms with Gasteiger partial charge in [0.25, 0.3) is 0 Å². The molecule has 4 rings (SSSR count). The second-order valence-electron chi connectivity index (χ2n) is 8.54. The molecule has 150 valence electrons. The Bertz CT molecular complexity index is 975. The summed E-state index contributed by atoms with van der Waals surface area (Å²) in [6.07, 6.45) is 9.98. The molecule has 1 saturated carbocycles. The van der Waals surface area contributed by atoms with E-state index >= 15 is 0 Å². The lowest BCUT2D eigenvalue weighted by atomic mass is 9.78. The van der Waals surface area contributed by atoms with Gasteiger partial charge in [0.05, 0.1) is 0 Å². The van der Waals surface area contributed by atoms with Crippen LogP contribution in [0.1, 0.15) is 60.8 Å². The van der Waals surface area contributed by atoms with E-state index in [4.69, 9.17) is 0 Å². The molecule has 1 aliphatic carbocycles. The van der Waals surface area contributed by atoms with E-state index < -0.39 is 0 Å². The van der Waals surface area contributed by atoms with Gasteiger partial charge in [-0.1, -0.05) is 67.6 Å². The van der Waals surface area contributed by atoms with E-state index in [-0.39, 0.29) is 5.82 Å². The Hall–Kier alpha value is -2.41. The van der Waals surface area contributed by atoms with Crippen LogP contribution in [0.3, 0.4) is 0 Å². The molecule has 0 amide bonds. The predicted octanol–water partition coefficient (Wildman–Crippen LogP) is 7.79. The van der Waals surface area contributed by atoms with Crippen molar-refractivity contribution in [2.45, 2.75) is 57.8 Å². The molecular formula is C28H31F. The van der Waals surface area contributed by atoms with Gasteiger partial charge >= 0.3 is 0 Å². The minimum atomic E-state index is -0.0609. The van der Waals surface area contributed by atoms with Gasteiger partial charge in [0, 0.05) is 5.39 Å². The molecule has 0 aromatic heterocycles. The van der Waals surface area contributed by atoms with Crippen molar-refractivity contribution < 1.29 is 4.39 Å². The first kappa shape index (κ1) is 19.9. The molecule has 1 heteroatoms. The number of benzene rings is 3. The summed E-state index contributed by atoms with van der Waals surface area (Å²) in [6.45, 7) is 5.95. The highest BCUT2D eigenvalue weighted by atomic mass is 19.1. The molecule has 0 spiro atoms. The summed E-state index contributed by atoms with van der Waals surface area (Å²) >= 11 is 0. The summed E-state index contributed by atoms with van der Waals surface area (Å²) in [4.78, 5) is 0. The van der Waals surface area contributed by atoms with Gasteiger partial charge in [-0.25, -0.2) is 4.39 Å². The van der Waals surface area contributed by atoms with E-state index in [2.05, 4.69) is 55.1 Å². The first-order valence-electron chi connectivity index (χ1n) is 11.1. The van der Waals surface area contributed by atoms with Crippen molar-refractivity contribution in [3.05, 3.63) is 95.3 Å². The summed E-state index contributed by atoms with van der Waals surface area (Å²) < 4.78 is 14.5. The van der Waals surface area contributed by atoms with Crippen LogP contribution in [0.5, 0.6) is 0 Å². The lowest BCUT2D eigenvalue weighted by Gasteiger charge is -2.27. The van der Waals surface area contributed by atoms with Crippen molar-refractivity contribution in [3.8, 4) is 0 Å². The smallest absolute Gasteiger partial charge is 0.134 e. The van der Waals surface area contributed by atoms with Crippen molar-refractivity contribution in [2.75, 3.05) is 0 Å². The average molecular weight is 387 g/mol. The van der Waals surface area contributed by atoms with Gasteiger partial charge in [-0.2, -0.15) is 0 Å². The second kappa shape index (κ2) is 8.95. The summed E-state index contributed by atoms with van der Waals surface area (Å²) in [5.74, 6) is 1.37. The SMILES string of the molecule is C=CC1CCC(c2ccc(CCc3ccc4c(F)c(CC)ccc4c3)cc2)CC1. The van der Waals surface area contributed by atoms with Crippen molar-refractivity contribution in [1.82, 2.24) is 0 Å². The highest BCUT2D eigenvalue weighted by molar-refractivity contribution is 5.84. The Morgan fingerprint density at radius 2 is 1.59 bits per heavy atom. The molecule has 0 N–H and O–H groups in total. The van der Waals surface area contributed by atoms with E-state index in [9.17, 15) is 4.39 Å². The number of hydrogen-bond donors (Lipinski definition) is 0. The molecule has 29 heavy (non-hydrogen) atoms. The molecule has 0 aliphatic heterocycles. The third-order valence-corrected chi connectivity index (χ3v) is 6.74. The number of hydrogen-bond acceptors (Lipinski definition) is 0. The van der Waals surface area contributed by atoms with Gasteiger partial charge in [-0.15, -0.1) is 6.58 Å². The first-order chi connectivity index (χ1) is 14.2. The van der Waals surface area contributed by atoms with Crippen LogP contribution in [0.2, 0.25) is 0 Å². The number of fused-ring (bicyclic) bond motifs is 1. The zero-order chi connectivity index (χ0) is 20.2. The fourth-order valence-electron chi connectivity index (χ4n) is 4.75. The third-order valence-electron chi connectivity index (χ3n) is 6.74. The number of aryl methyl sites for hydroxylation is 3. The van der Waals surface area contributed by atoms with Gasteiger partial charge < -0.3 is 0 Å². The molecule has 0 saturated heterocycles. The zero-order valence-corrected chi connectivity index (χ0v) is 17.5. The molecule has 1 aliphatic rings. The molecule has 3 aromatic carbocycles. The van der Waals surface area contributed by atoms with Crippen molar-refractivity contribution >= 4 is 10.8 Å². The van der Waals surface area contributed by atoms with Crippen LogP contribution in [-0.2, 0) is 19.3 Å². The van der Waals surface area contributed by atoms with Crippen LogP contribution >= 0.6 is 0 Å². The topological polar surface area (TPSA) is 0 Å². The largest absolute Gasteiger partial charge is 0.206 e. The van der Waals surface area contributed by atoms with Crippen LogP contribution in [0.4, 0.5) is 4.39 Å². The lowest BCUT2D eigenvalue weighted by Crippen LogP contribution is -2.11. The number of rotatable bonds is 6. The molecule has 0 nitrogen and oxygen atoms in total. The van der Waals surface area contributed by atoms with Gasteiger partial charge in [0.15, 0.2) is 0 Å². The number of halogens is 1. The number of allylic oxidation sites excluding steroid dienone is 1. The third kappa shape index (κ3) is 4.45. The molecular weight excluding hydrogens is 355 g/mol. The average Bonchev–Trinajstić information content (AvgIpc) is 2.78. The van der Waals surface area contributed by atoms with Crippen LogP contribution in [0, 0.1) is 11.7 Å². The summed E-state index contributed by atoms with van der Waals surface area (Å²) in [5.41, 5.74) is 4.93. The maximum Gasteiger partial charge on any atom is 0.134 e. The normalized spacial score (nSPS) is 19.4. The quantitative estimate of drug-likeness (QED) is 0.379. The molecule has 0 unspecified atom stereocenters. The Balaban J connectivity index is 1.39. The van der Waals surface area contributed by atoms with Crippen LogP contribution in [0.15, 0.2) is 67.3 Å². The van der Waals surface area contributed by atoms with Crippen LogP contribution in [0.25, 0.3) is 10.8 Å². The predicted molar refractivity (Wildman–Crippen MR) is 122 cm³/mol. The second-order valence-corrected chi connectivity index (χ2v) is 8.54. The van der Waals surface area contributed by atoms with Gasteiger partial charge in [-0.05, 0) is 84.4 Å². The standard InChI is InChI=1S/C28H31F/c1-3-20-7-12-24(13-8-20)25-14-9-21(10-15-25)5-6-22-11-18-27-26(19-22)17-16-23(4-2)28(27)29/h3,9-11,14-20,24H,1,4-8,12-13H2,2H3. The lowest BCUT2D eigenvalue weighted by molar-refractivity contribution is 0.376. The van der Waals surface area contributed by atoms with Crippen LogP contribution in [-0.4, -0.2) is 0 Å². The van der Waals surface area contributed by atoms with E-state index in [0.717, 1.165) is 41.5 Å². The molecule has 0 atom stereocenters. The monoisotopic (exact) mass is 386 g/mol. The molecule has 3 aromatic rings. The molecule has 0 bridgehead atoms. The maximum atomic E-state index is 14.5. The van der Waals surface area contributed by atoms with E-state index in [1.807, 2.05) is 19.1 Å². The van der Waals surface area contributed by atoms with Crippen LogP contribution < -0.4 is 0 Å². The Labute approximate surface area is 174 Å². The maximum absolute atomic E-state index is 14.5. The first-order valence-corrected chi connectivity index (χ1v) is 11.1. The Kier molecular flexibility index (Phi) is 6.13. The molecule has 1 fully saturated rings. The van der Waals surface area contributed by atoms with Crippen molar-refractivity contribution in [3.63, 3.8) is 0 Å².